The lowest BCUT2D eigenvalue weighted by Crippen LogP contribution is -2.39. The standard InChI is InChI=1S/C14H19Cl2N/c1-10-6-11(2)9-17(8-10)14-5-3-4-13(16)12(14)7-15/h3-5,10-11H,6-9H2,1-2H3. The van der Waals surface area contributed by atoms with E-state index in [2.05, 4.69) is 24.8 Å². The van der Waals surface area contributed by atoms with Gasteiger partial charge in [0.15, 0.2) is 0 Å². The fourth-order valence-corrected chi connectivity index (χ4v) is 3.42. The van der Waals surface area contributed by atoms with Gasteiger partial charge in [0, 0.05) is 29.4 Å². The van der Waals surface area contributed by atoms with Crippen LogP contribution in [-0.4, -0.2) is 13.1 Å². The van der Waals surface area contributed by atoms with Crippen LogP contribution in [0.25, 0.3) is 0 Å². The van der Waals surface area contributed by atoms with Crippen LogP contribution in [0.1, 0.15) is 25.8 Å². The first-order valence-corrected chi connectivity index (χ1v) is 7.11. The smallest absolute Gasteiger partial charge is 0.0509 e. The third-order valence-electron chi connectivity index (χ3n) is 3.44. The minimum atomic E-state index is 0.480. The predicted octanol–water partition coefficient (Wildman–Crippen LogP) is 4.56. The maximum Gasteiger partial charge on any atom is 0.0509 e. The Kier molecular flexibility index (Phi) is 4.22. The van der Waals surface area contributed by atoms with Crippen molar-refractivity contribution in [3.05, 3.63) is 28.8 Å². The highest BCUT2D eigenvalue weighted by atomic mass is 35.5. The van der Waals surface area contributed by atoms with Crippen LogP contribution in [0, 0.1) is 11.8 Å². The van der Waals surface area contributed by atoms with Crippen molar-refractivity contribution < 1.29 is 0 Å². The highest BCUT2D eigenvalue weighted by Gasteiger charge is 2.23. The molecule has 2 unspecified atom stereocenters. The molecule has 94 valence electrons. The second-order valence-corrected chi connectivity index (χ2v) is 5.90. The largest absolute Gasteiger partial charge is 0.371 e. The molecule has 17 heavy (non-hydrogen) atoms. The summed E-state index contributed by atoms with van der Waals surface area (Å²) in [4.78, 5) is 2.43. The molecule has 1 heterocycles. The number of benzene rings is 1. The second-order valence-electron chi connectivity index (χ2n) is 5.22. The minimum absolute atomic E-state index is 0.480. The molecule has 1 aliphatic heterocycles. The average Bonchev–Trinajstić information content (AvgIpc) is 2.27. The van der Waals surface area contributed by atoms with Crippen molar-refractivity contribution in [2.24, 2.45) is 11.8 Å². The molecule has 3 heteroatoms. The molecule has 1 aliphatic rings. The first kappa shape index (κ1) is 13.0. The average molecular weight is 272 g/mol. The first-order valence-electron chi connectivity index (χ1n) is 6.20. The van der Waals surface area contributed by atoms with Crippen LogP contribution in [-0.2, 0) is 5.88 Å². The van der Waals surface area contributed by atoms with Crippen molar-refractivity contribution in [3.8, 4) is 0 Å². The molecule has 2 rings (SSSR count). The van der Waals surface area contributed by atoms with Crippen LogP contribution in [0.4, 0.5) is 5.69 Å². The Hall–Kier alpha value is -0.400. The number of hydrogen-bond acceptors (Lipinski definition) is 1. The summed E-state index contributed by atoms with van der Waals surface area (Å²) in [6, 6.07) is 6.06. The van der Waals surface area contributed by atoms with Gasteiger partial charge in [0.2, 0.25) is 0 Å². The van der Waals surface area contributed by atoms with E-state index in [1.807, 2.05) is 12.1 Å². The molecule has 0 bridgehead atoms. The summed E-state index contributed by atoms with van der Waals surface area (Å²) in [7, 11) is 0. The van der Waals surface area contributed by atoms with Crippen molar-refractivity contribution in [3.63, 3.8) is 0 Å². The Morgan fingerprint density at radius 2 is 1.88 bits per heavy atom. The Labute approximate surface area is 114 Å². The molecule has 0 radical (unpaired) electrons. The summed E-state index contributed by atoms with van der Waals surface area (Å²) in [5.41, 5.74) is 2.28. The van der Waals surface area contributed by atoms with Crippen LogP contribution >= 0.6 is 23.2 Å². The number of piperidine rings is 1. The molecule has 0 aliphatic carbocycles. The van der Waals surface area contributed by atoms with Gasteiger partial charge in [-0.25, -0.2) is 0 Å². The first-order chi connectivity index (χ1) is 8.11. The Morgan fingerprint density at radius 1 is 1.24 bits per heavy atom. The molecule has 1 fully saturated rings. The Bertz CT molecular complexity index is 382. The third-order valence-corrected chi connectivity index (χ3v) is 4.06. The van der Waals surface area contributed by atoms with E-state index in [1.165, 1.54) is 12.1 Å². The number of alkyl halides is 1. The SMILES string of the molecule is CC1CC(C)CN(c2cccc(Cl)c2CCl)C1. The van der Waals surface area contributed by atoms with Gasteiger partial charge in [-0.1, -0.05) is 31.5 Å². The van der Waals surface area contributed by atoms with Crippen LogP contribution in [0.3, 0.4) is 0 Å². The summed E-state index contributed by atoms with van der Waals surface area (Å²) in [5, 5.41) is 0.781. The van der Waals surface area contributed by atoms with E-state index >= 15 is 0 Å². The van der Waals surface area contributed by atoms with Crippen LogP contribution in [0.5, 0.6) is 0 Å². The lowest BCUT2D eigenvalue weighted by molar-refractivity contribution is 0.356. The van der Waals surface area contributed by atoms with Gasteiger partial charge in [-0.05, 0) is 30.4 Å². The van der Waals surface area contributed by atoms with E-state index in [1.54, 1.807) is 0 Å². The molecule has 1 aromatic rings. The summed E-state index contributed by atoms with van der Waals surface area (Å²) < 4.78 is 0. The zero-order chi connectivity index (χ0) is 12.4. The fourth-order valence-electron chi connectivity index (χ4n) is 2.84. The van der Waals surface area contributed by atoms with E-state index in [4.69, 9.17) is 23.2 Å². The molecule has 1 aromatic carbocycles. The predicted molar refractivity (Wildman–Crippen MR) is 76.2 cm³/mol. The molecule has 0 saturated carbocycles. The molecule has 0 spiro atoms. The van der Waals surface area contributed by atoms with Gasteiger partial charge < -0.3 is 4.90 Å². The van der Waals surface area contributed by atoms with Crippen molar-refractivity contribution in [2.45, 2.75) is 26.1 Å². The van der Waals surface area contributed by atoms with Gasteiger partial charge in [0.1, 0.15) is 0 Å². The zero-order valence-electron chi connectivity index (χ0n) is 10.4. The van der Waals surface area contributed by atoms with E-state index in [9.17, 15) is 0 Å². The van der Waals surface area contributed by atoms with E-state index in [0.29, 0.717) is 5.88 Å². The summed E-state index contributed by atoms with van der Waals surface area (Å²) >= 11 is 12.2. The van der Waals surface area contributed by atoms with Gasteiger partial charge >= 0.3 is 0 Å². The van der Waals surface area contributed by atoms with Crippen LogP contribution in [0.2, 0.25) is 5.02 Å². The lowest BCUT2D eigenvalue weighted by Gasteiger charge is -2.37. The monoisotopic (exact) mass is 271 g/mol. The maximum absolute atomic E-state index is 6.21. The van der Waals surface area contributed by atoms with Gasteiger partial charge in [-0.15, -0.1) is 11.6 Å². The van der Waals surface area contributed by atoms with E-state index in [-0.39, 0.29) is 0 Å². The molecule has 0 N–H and O–H groups in total. The topological polar surface area (TPSA) is 3.24 Å². The highest BCUT2D eigenvalue weighted by molar-refractivity contribution is 6.32. The van der Waals surface area contributed by atoms with Crippen molar-refractivity contribution in [1.29, 1.82) is 0 Å². The molecule has 1 saturated heterocycles. The number of rotatable bonds is 2. The number of nitrogens with zero attached hydrogens (tertiary/aromatic N) is 1. The highest BCUT2D eigenvalue weighted by Crippen LogP contribution is 2.33. The van der Waals surface area contributed by atoms with Gasteiger partial charge in [0.25, 0.3) is 0 Å². The molecule has 2 atom stereocenters. The van der Waals surface area contributed by atoms with Crippen molar-refractivity contribution >= 4 is 28.9 Å². The van der Waals surface area contributed by atoms with Gasteiger partial charge in [0.05, 0.1) is 5.88 Å². The molecular formula is C14H19Cl2N. The Balaban J connectivity index is 2.30. The van der Waals surface area contributed by atoms with Crippen LogP contribution in [0.15, 0.2) is 18.2 Å². The molecule has 0 aromatic heterocycles. The lowest BCUT2D eigenvalue weighted by atomic mass is 9.91. The normalized spacial score (nSPS) is 25.1. The summed E-state index contributed by atoms with van der Waals surface area (Å²) in [5.74, 6) is 1.95. The summed E-state index contributed by atoms with van der Waals surface area (Å²) in [6.07, 6.45) is 1.31. The molecular weight excluding hydrogens is 253 g/mol. The molecule has 1 nitrogen and oxygen atoms in total. The zero-order valence-corrected chi connectivity index (χ0v) is 11.9. The van der Waals surface area contributed by atoms with Crippen molar-refractivity contribution in [2.75, 3.05) is 18.0 Å². The van der Waals surface area contributed by atoms with Crippen molar-refractivity contribution in [1.82, 2.24) is 0 Å². The third kappa shape index (κ3) is 2.89. The van der Waals surface area contributed by atoms with E-state index in [0.717, 1.165) is 35.5 Å². The number of hydrogen-bond donors (Lipinski definition) is 0. The van der Waals surface area contributed by atoms with Crippen LogP contribution < -0.4 is 4.90 Å². The summed E-state index contributed by atoms with van der Waals surface area (Å²) in [6.45, 7) is 6.84. The van der Waals surface area contributed by atoms with Gasteiger partial charge in [-0.2, -0.15) is 0 Å². The van der Waals surface area contributed by atoms with Gasteiger partial charge in [-0.3, -0.25) is 0 Å². The number of anilines is 1. The second kappa shape index (κ2) is 5.49. The quantitative estimate of drug-likeness (QED) is 0.713. The number of halogens is 2. The Morgan fingerprint density at radius 3 is 2.47 bits per heavy atom. The molecule has 0 amide bonds. The fraction of sp³-hybridized carbons (Fsp3) is 0.571. The van der Waals surface area contributed by atoms with E-state index < -0.39 is 0 Å². The minimum Gasteiger partial charge on any atom is -0.371 e. The maximum atomic E-state index is 6.21.